The van der Waals surface area contributed by atoms with Gasteiger partial charge in [-0.2, -0.15) is 78.7 Å². The maximum absolute atomic E-state index is 13.4. The second-order valence-electron chi connectivity index (χ2n) is 5.59. The van der Waals surface area contributed by atoms with Gasteiger partial charge in [0.1, 0.15) is 12.0 Å². The number of ether oxygens (including phenoxy) is 2. The molecule has 0 aromatic carbocycles. The lowest BCUT2D eigenvalue weighted by Crippen LogP contribution is -2.59. The minimum absolute atomic E-state index is 1.49. The molecule has 0 heterocycles. The van der Waals surface area contributed by atoms with Gasteiger partial charge >= 0.3 is 56.9 Å². The number of hydrogen-bond acceptors (Lipinski definition) is 8. The molecule has 0 spiro atoms. The predicted octanol–water partition coefficient (Wildman–Crippen LogP) is 5.19. The van der Waals surface area contributed by atoms with Crippen LogP contribution in [0.2, 0.25) is 0 Å². The first-order valence-corrected chi connectivity index (χ1v) is 9.17. The van der Waals surface area contributed by atoms with E-state index in [-0.39, 0.29) is 0 Å². The summed E-state index contributed by atoms with van der Waals surface area (Å²) in [5, 5.41) is -3.56. The van der Waals surface area contributed by atoms with Crippen molar-refractivity contribution in [3.8, 4) is 0 Å². The van der Waals surface area contributed by atoms with Gasteiger partial charge in [-0.1, -0.05) is 5.04 Å². The number of rotatable bonds is 14. The second kappa shape index (κ2) is 9.67. The topological polar surface area (TPSA) is 112 Å². The van der Waals surface area contributed by atoms with Crippen LogP contribution in [-0.4, -0.2) is 65.0 Å². The molecule has 8 nitrogen and oxygen atoms in total. The second-order valence-corrected chi connectivity index (χ2v) is 7.87. The fourth-order valence-corrected chi connectivity index (χ4v) is 1.93. The third-order valence-corrected chi connectivity index (χ3v) is 4.44. The molecule has 0 aromatic rings. The van der Waals surface area contributed by atoms with E-state index in [1.807, 2.05) is 0 Å². The average Bonchev–Trinajstić information content (AvgIpc) is 2.55. The van der Waals surface area contributed by atoms with E-state index in [1.165, 1.54) is 4.74 Å². The normalized spacial score (nSPS) is 16.1. The monoisotopic (exact) mass is 608 g/mol. The molecule has 0 bridgehead atoms. The minimum Gasteiger partial charge on any atom is -0.281 e. The maximum Gasteiger partial charge on any atom is 0.460 e. The van der Waals surface area contributed by atoms with Gasteiger partial charge < -0.3 is 0 Å². The Bertz CT molecular complexity index is 846. The minimum atomic E-state index is -7.47. The summed E-state index contributed by atoms with van der Waals surface area (Å²) in [5.74, 6) is -14.4. The molecule has 0 fully saturated rings. The first-order valence-electron chi connectivity index (χ1n) is 6.99. The molecule has 0 aromatic heterocycles. The standard InChI is InChI=1S/C9H4F16O8S2/c10-2(11,4(14,15)30-6(18,19)8(22,23)34-33-32-26)1-3(12,13)5(16,17)31-7(20,21)9(24,25)35(27,28)29/h26H,1H2,(H,27,28,29). The lowest BCUT2D eigenvalue weighted by atomic mass is 10.1. The smallest absolute Gasteiger partial charge is 0.281 e. The summed E-state index contributed by atoms with van der Waals surface area (Å²) in [6.07, 6.45) is -33.7. The highest BCUT2D eigenvalue weighted by Gasteiger charge is 2.77. The zero-order valence-electron chi connectivity index (χ0n) is 14.9. The fourth-order valence-electron chi connectivity index (χ4n) is 1.33. The van der Waals surface area contributed by atoms with Gasteiger partial charge in [0.25, 0.3) is 0 Å². The van der Waals surface area contributed by atoms with Crippen LogP contribution in [0.25, 0.3) is 0 Å². The highest BCUT2D eigenvalue weighted by atomic mass is 32.2. The molecule has 0 aliphatic heterocycles. The summed E-state index contributed by atoms with van der Waals surface area (Å²) in [4.78, 5) is 0. The van der Waals surface area contributed by atoms with Crippen LogP contribution in [0.5, 0.6) is 0 Å². The molecule has 0 atom stereocenters. The van der Waals surface area contributed by atoms with Crippen molar-refractivity contribution < 1.29 is 107 Å². The van der Waals surface area contributed by atoms with E-state index in [4.69, 9.17) is 9.81 Å². The van der Waals surface area contributed by atoms with Crippen molar-refractivity contribution >= 4 is 22.2 Å². The van der Waals surface area contributed by atoms with E-state index in [0.717, 1.165) is 0 Å². The molecule has 212 valence electrons. The zero-order valence-corrected chi connectivity index (χ0v) is 16.5. The molecule has 0 saturated carbocycles. The Balaban J connectivity index is 6.01. The number of hydrogen-bond donors (Lipinski definition) is 2. The third kappa shape index (κ3) is 7.04. The Labute approximate surface area is 183 Å². The van der Waals surface area contributed by atoms with Gasteiger partial charge in [0.2, 0.25) is 0 Å². The van der Waals surface area contributed by atoms with E-state index in [0.29, 0.717) is 0 Å². The van der Waals surface area contributed by atoms with Crippen LogP contribution in [0.4, 0.5) is 70.2 Å². The van der Waals surface area contributed by atoms with E-state index in [9.17, 15) is 78.7 Å². The molecule has 35 heavy (non-hydrogen) atoms. The van der Waals surface area contributed by atoms with Gasteiger partial charge in [-0.3, -0.25) is 4.55 Å². The molecular weight excluding hydrogens is 604 g/mol. The number of alkyl halides is 16. The summed E-state index contributed by atoms with van der Waals surface area (Å²) < 4.78 is 243. The van der Waals surface area contributed by atoms with Gasteiger partial charge in [-0.25, -0.2) is 14.7 Å². The van der Waals surface area contributed by atoms with Gasteiger partial charge in [-0.05, 0) is 0 Å². The molecule has 0 aliphatic carbocycles. The summed E-state index contributed by atoms with van der Waals surface area (Å²) in [7, 11) is -7.44. The van der Waals surface area contributed by atoms with Crippen LogP contribution in [0.15, 0.2) is 0 Å². The summed E-state index contributed by atoms with van der Waals surface area (Å²) in [6.45, 7) is 0. The van der Waals surface area contributed by atoms with E-state index >= 15 is 0 Å². The zero-order chi connectivity index (χ0) is 28.7. The van der Waals surface area contributed by atoms with Gasteiger partial charge in [0, 0.05) is 0 Å². The molecule has 0 rings (SSSR count). The van der Waals surface area contributed by atoms with Crippen LogP contribution in [0, 0.1) is 0 Å². The van der Waals surface area contributed by atoms with Crippen LogP contribution in [0.3, 0.4) is 0 Å². The molecule has 2 N–H and O–H groups in total. The highest BCUT2D eigenvalue weighted by Crippen LogP contribution is 2.54. The molecule has 0 radical (unpaired) electrons. The van der Waals surface area contributed by atoms with Crippen molar-refractivity contribution in [3.05, 3.63) is 0 Å². The number of halogens is 16. The van der Waals surface area contributed by atoms with Crippen molar-refractivity contribution in [2.45, 2.75) is 53.2 Å². The van der Waals surface area contributed by atoms with Crippen LogP contribution in [-0.2, 0) is 29.0 Å². The summed E-state index contributed by atoms with van der Waals surface area (Å²) in [6, 6.07) is 0. The SMILES string of the molecule is O=S(=O)(O)C(F)(F)C(F)(F)OC(F)(F)C(F)(F)CC(F)(F)C(F)(F)OC(F)(F)C(F)(F)SOOO. The van der Waals surface area contributed by atoms with E-state index in [2.05, 4.69) is 9.37 Å². The van der Waals surface area contributed by atoms with Crippen LogP contribution < -0.4 is 0 Å². The Kier molecular flexibility index (Phi) is 9.38. The first kappa shape index (κ1) is 33.9. The Hall–Kier alpha value is -1.06. The Morgan fingerprint density at radius 1 is 0.629 bits per heavy atom. The largest absolute Gasteiger partial charge is 0.460 e. The van der Waals surface area contributed by atoms with E-state index < -0.39 is 75.4 Å². The maximum atomic E-state index is 13.4. The fraction of sp³-hybridized carbons (Fsp3) is 1.00. The van der Waals surface area contributed by atoms with Crippen molar-refractivity contribution in [1.82, 2.24) is 0 Å². The van der Waals surface area contributed by atoms with Crippen molar-refractivity contribution in [2.75, 3.05) is 0 Å². The Morgan fingerprint density at radius 3 is 1.29 bits per heavy atom. The van der Waals surface area contributed by atoms with Crippen LogP contribution in [0.1, 0.15) is 6.42 Å². The molecule has 0 amide bonds. The third-order valence-electron chi connectivity index (χ3n) is 2.98. The molecular formula is C9H4F16O8S2. The highest BCUT2D eigenvalue weighted by molar-refractivity contribution is 7.95. The first-order chi connectivity index (χ1) is 14.9. The van der Waals surface area contributed by atoms with Crippen LogP contribution >= 0.6 is 12.0 Å². The molecule has 0 saturated heterocycles. The van der Waals surface area contributed by atoms with Gasteiger partial charge in [0.15, 0.2) is 0 Å². The van der Waals surface area contributed by atoms with E-state index in [1.54, 1.807) is 4.74 Å². The average molecular weight is 608 g/mol. The predicted molar refractivity (Wildman–Crippen MR) is 70.3 cm³/mol. The van der Waals surface area contributed by atoms with Crippen molar-refractivity contribution in [1.29, 1.82) is 0 Å². The van der Waals surface area contributed by atoms with Crippen molar-refractivity contribution in [3.63, 3.8) is 0 Å². The summed E-state index contributed by atoms with van der Waals surface area (Å²) >= 11 is -2.11. The summed E-state index contributed by atoms with van der Waals surface area (Å²) in [5.41, 5.74) is 0. The molecule has 0 unspecified atom stereocenters. The Morgan fingerprint density at radius 2 is 0.971 bits per heavy atom. The lowest BCUT2D eigenvalue weighted by molar-refractivity contribution is -0.481. The molecule has 26 heteroatoms. The quantitative estimate of drug-likeness (QED) is 0.0905. The lowest BCUT2D eigenvalue weighted by Gasteiger charge is -2.35. The van der Waals surface area contributed by atoms with Gasteiger partial charge in [0.05, 0.1) is 6.42 Å². The van der Waals surface area contributed by atoms with Crippen molar-refractivity contribution in [2.24, 2.45) is 0 Å². The molecule has 0 aliphatic rings. The van der Waals surface area contributed by atoms with Gasteiger partial charge in [-0.15, -0.1) is 4.33 Å².